The fourth-order valence-corrected chi connectivity index (χ4v) is 2.53. The number of carbonyl (C=O) groups excluding carboxylic acids is 1. The minimum Gasteiger partial charge on any atom is -0.322 e. The van der Waals surface area contributed by atoms with Crippen LogP contribution in [0.25, 0.3) is 0 Å². The number of nitrogens with zero attached hydrogens (tertiary/aromatic N) is 2. The van der Waals surface area contributed by atoms with Gasteiger partial charge in [0.1, 0.15) is 0 Å². The molecule has 0 atom stereocenters. The van der Waals surface area contributed by atoms with Crippen molar-refractivity contribution in [2.24, 2.45) is 0 Å². The number of amides is 1. The maximum Gasteiger partial charge on any atom is 0.255 e. The number of hydrogen-bond donors (Lipinski definition) is 1. The average Bonchev–Trinajstić information content (AvgIpc) is 3.04. The van der Waals surface area contributed by atoms with Crippen molar-refractivity contribution in [2.45, 2.75) is 13.5 Å². The predicted molar refractivity (Wildman–Crippen MR) is 91.9 cm³/mol. The van der Waals surface area contributed by atoms with E-state index in [-0.39, 0.29) is 5.91 Å². The minimum atomic E-state index is -0.138. The summed E-state index contributed by atoms with van der Waals surface area (Å²) in [7, 11) is 0. The molecule has 0 aliphatic carbocycles. The van der Waals surface area contributed by atoms with Crippen LogP contribution in [0, 0.1) is 6.92 Å². The first-order chi connectivity index (χ1) is 11.1. The van der Waals surface area contributed by atoms with Gasteiger partial charge in [-0.05, 0) is 54.4 Å². The molecule has 116 valence electrons. The Bertz CT molecular complexity index is 811. The van der Waals surface area contributed by atoms with Crippen molar-refractivity contribution in [3.63, 3.8) is 0 Å². The third-order valence-electron chi connectivity index (χ3n) is 3.56. The highest BCUT2D eigenvalue weighted by molar-refractivity contribution is 6.30. The van der Waals surface area contributed by atoms with E-state index in [0.29, 0.717) is 17.1 Å². The Morgan fingerprint density at radius 3 is 2.65 bits per heavy atom. The Balaban J connectivity index is 1.70. The Morgan fingerprint density at radius 1 is 1.22 bits per heavy atom. The molecule has 0 fully saturated rings. The summed E-state index contributed by atoms with van der Waals surface area (Å²) >= 11 is 5.93. The zero-order valence-electron chi connectivity index (χ0n) is 12.7. The van der Waals surface area contributed by atoms with Crippen molar-refractivity contribution < 1.29 is 4.79 Å². The highest BCUT2D eigenvalue weighted by Crippen LogP contribution is 2.20. The van der Waals surface area contributed by atoms with Crippen molar-refractivity contribution in [2.75, 3.05) is 5.32 Å². The van der Waals surface area contributed by atoms with Gasteiger partial charge >= 0.3 is 0 Å². The van der Waals surface area contributed by atoms with Gasteiger partial charge in [-0.3, -0.25) is 9.48 Å². The number of anilines is 1. The van der Waals surface area contributed by atoms with Crippen LogP contribution in [0.3, 0.4) is 0 Å². The van der Waals surface area contributed by atoms with Crippen molar-refractivity contribution >= 4 is 23.2 Å². The van der Waals surface area contributed by atoms with Gasteiger partial charge in [-0.25, -0.2) is 0 Å². The number of rotatable bonds is 4. The smallest absolute Gasteiger partial charge is 0.255 e. The van der Waals surface area contributed by atoms with E-state index < -0.39 is 0 Å². The normalized spacial score (nSPS) is 10.5. The summed E-state index contributed by atoms with van der Waals surface area (Å²) in [6, 6.07) is 14.8. The van der Waals surface area contributed by atoms with Gasteiger partial charge in [-0.2, -0.15) is 5.10 Å². The van der Waals surface area contributed by atoms with Gasteiger partial charge in [0.15, 0.2) is 0 Å². The first kappa shape index (κ1) is 15.3. The number of hydrogen-bond acceptors (Lipinski definition) is 2. The minimum absolute atomic E-state index is 0.138. The first-order valence-electron chi connectivity index (χ1n) is 7.26. The lowest BCUT2D eigenvalue weighted by Crippen LogP contribution is -2.12. The van der Waals surface area contributed by atoms with E-state index in [9.17, 15) is 4.79 Å². The molecule has 5 heteroatoms. The Morgan fingerprint density at radius 2 is 2.00 bits per heavy atom. The van der Waals surface area contributed by atoms with E-state index in [2.05, 4.69) is 10.4 Å². The molecular weight excluding hydrogens is 310 g/mol. The molecule has 0 saturated carbocycles. The van der Waals surface area contributed by atoms with E-state index in [1.54, 1.807) is 12.3 Å². The van der Waals surface area contributed by atoms with Crippen LogP contribution in [0.15, 0.2) is 60.9 Å². The molecule has 1 aromatic heterocycles. The van der Waals surface area contributed by atoms with E-state index in [1.165, 1.54) is 0 Å². The van der Waals surface area contributed by atoms with Crippen LogP contribution in [-0.4, -0.2) is 15.7 Å². The lowest BCUT2D eigenvalue weighted by Gasteiger charge is -2.09. The van der Waals surface area contributed by atoms with Crippen LogP contribution >= 0.6 is 11.6 Å². The Hall–Kier alpha value is -2.59. The van der Waals surface area contributed by atoms with Gasteiger partial charge < -0.3 is 5.32 Å². The number of halogens is 1. The third kappa shape index (κ3) is 3.79. The van der Waals surface area contributed by atoms with Gasteiger partial charge in [-0.15, -0.1) is 0 Å². The Kier molecular flexibility index (Phi) is 4.44. The van der Waals surface area contributed by atoms with E-state index >= 15 is 0 Å². The SMILES string of the molecule is Cc1cc(Cl)ccc1NC(=O)c1ccc(Cn2cccn2)cc1. The summed E-state index contributed by atoms with van der Waals surface area (Å²) in [4.78, 5) is 12.3. The maximum absolute atomic E-state index is 12.3. The summed E-state index contributed by atoms with van der Waals surface area (Å²) in [6.07, 6.45) is 3.65. The fraction of sp³-hybridized carbons (Fsp3) is 0.111. The fourth-order valence-electron chi connectivity index (χ4n) is 2.30. The summed E-state index contributed by atoms with van der Waals surface area (Å²) < 4.78 is 1.84. The van der Waals surface area contributed by atoms with E-state index in [1.807, 2.05) is 60.3 Å². The van der Waals surface area contributed by atoms with Crippen LogP contribution in [0.5, 0.6) is 0 Å². The predicted octanol–water partition coefficient (Wildman–Crippen LogP) is 4.15. The Labute approximate surface area is 139 Å². The second-order valence-corrected chi connectivity index (χ2v) is 5.75. The molecule has 0 radical (unpaired) electrons. The molecule has 23 heavy (non-hydrogen) atoms. The van der Waals surface area contributed by atoms with Gasteiger partial charge in [-0.1, -0.05) is 23.7 Å². The van der Waals surface area contributed by atoms with Crippen molar-refractivity contribution in [1.82, 2.24) is 9.78 Å². The molecule has 3 rings (SSSR count). The van der Waals surface area contributed by atoms with Crippen LogP contribution in [0.4, 0.5) is 5.69 Å². The average molecular weight is 326 g/mol. The van der Waals surface area contributed by atoms with Crippen LogP contribution in [-0.2, 0) is 6.54 Å². The van der Waals surface area contributed by atoms with Gasteiger partial charge in [0.25, 0.3) is 5.91 Å². The molecule has 0 aliphatic rings. The highest BCUT2D eigenvalue weighted by atomic mass is 35.5. The van der Waals surface area contributed by atoms with E-state index in [4.69, 9.17) is 11.6 Å². The molecule has 0 aliphatic heterocycles. The van der Waals surface area contributed by atoms with Crippen LogP contribution < -0.4 is 5.32 Å². The maximum atomic E-state index is 12.3. The number of aromatic nitrogens is 2. The van der Waals surface area contributed by atoms with E-state index in [0.717, 1.165) is 16.8 Å². The lowest BCUT2D eigenvalue weighted by molar-refractivity contribution is 0.102. The molecule has 0 spiro atoms. The second-order valence-electron chi connectivity index (χ2n) is 5.31. The number of aryl methyl sites for hydroxylation is 1. The van der Waals surface area contributed by atoms with Gasteiger partial charge in [0.05, 0.1) is 6.54 Å². The van der Waals surface area contributed by atoms with Crippen LogP contribution in [0.2, 0.25) is 5.02 Å². The summed E-state index contributed by atoms with van der Waals surface area (Å²) in [5.74, 6) is -0.138. The summed E-state index contributed by atoms with van der Waals surface area (Å²) in [5, 5.41) is 7.73. The molecule has 2 aromatic carbocycles. The molecule has 0 unspecified atom stereocenters. The zero-order chi connectivity index (χ0) is 16.2. The van der Waals surface area contributed by atoms with Gasteiger partial charge in [0, 0.05) is 28.7 Å². The second kappa shape index (κ2) is 6.67. The third-order valence-corrected chi connectivity index (χ3v) is 3.79. The highest BCUT2D eigenvalue weighted by Gasteiger charge is 2.08. The zero-order valence-corrected chi connectivity index (χ0v) is 13.4. The molecule has 1 heterocycles. The standard InChI is InChI=1S/C18H16ClN3O/c1-13-11-16(19)7-8-17(13)21-18(23)15-5-3-14(4-6-15)12-22-10-2-9-20-22/h2-11H,12H2,1H3,(H,21,23). The van der Waals surface area contributed by atoms with Crippen LogP contribution in [0.1, 0.15) is 21.5 Å². The molecule has 4 nitrogen and oxygen atoms in total. The quantitative estimate of drug-likeness (QED) is 0.783. The molecule has 1 amide bonds. The monoisotopic (exact) mass is 325 g/mol. The molecule has 0 saturated heterocycles. The van der Waals surface area contributed by atoms with Crippen molar-refractivity contribution in [3.05, 3.63) is 82.6 Å². The largest absolute Gasteiger partial charge is 0.322 e. The molecule has 1 N–H and O–H groups in total. The molecule has 0 bridgehead atoms. The van der Waals surface area contributed by atoms with Crippen molar-refractivity contribution in [3.8, 4) is 0 Å². The molecular formula is C18H16ClN3O. The number of benzene rings is 2. The lowest BCUT2D eigenvalue weighted by atomic mass is 10.1. The van der Waals surface area contributed by atoms with Gasteiger partial charge in [0.2, 0.25) is 0 Å². The van der Waals surface area contributed by atoms with Crippen molar-refractivity contribution in [1.29, 1.82) is 0 Å². The summed E-state index contributed by atoms with van der Waals surface area (Å²) in [5.41, 5.74) is 3.40. The summed E-state index contributed by atoms with van der Waals surface area (Å²) in [6.45, 7) is 2.60. The molecule has 3 aromatic rings. The number of carbonyl (C=O) groups is 1. The topological polar surface area (TPSA) is 46.9 Å². The first-order valence-corrected chi connectivity index (χ1v) is 7.63. The number of nitrogens with one attached hydrogen (secondary N) is 1.